The third-order valence-electron chi connectivity index (χ3n) is 2.01. The normalized spacial score (nSPS) is 12.0. The molecule has 0 fully saturated rings. The van der Waals surface area contributed by atoms with Crippen LogP contribution in [0.25, 0.3) is 0 Å². The number of halogens is 1. The molecule has 1 aromatic carbocycles. The molecule has 0 atom stereocenters. The highest BCUT2D eigenvalue weighted by atomic mass is 35.5. The van der Waals surface area contributed by atoms with Gasteiger partial charge in [-0.1, -0.05) is 11.6 Å². The Morgan fingerprint density at radius 2 is 1.94 bits per heavy atom. The summed E-state index contributed by atoms with van der Waals surface area (Å²) in [7, 11) is -3.92. The SMILES string of the molecule is Nc1ccc(Cl)c(S(=O)(=O)NC(CO)CO)c1. The Hall–Kier alpha value is -0.860. The maximum Gasteiger partial charge on any atom is 0.242 e. The van der Waals surface area contributed by atoms with Crippen LogP contribution in [-0.4, -0.2) is 37.9 Å². The predicted molar refractivity (Wildman–Crippen MR) is 64.1 cm³/mol. The van der Waals surface area contributed by atoms with Crippen molar-refractivity contribution < 1.29 is 18.6 Å². The highest BCUT2D eigenvalue weighted by molar-refractivity contribution is 7.89. The Balaban J connectivity index is 3.09. The van der Waals surface area contributed by atoms with E-state index in [1.807, 2.05) is 0 Å². The molecule has 0 spiro atoms. The van der Waals surface area contributed by atoms with E-state index >= 15 is 0 Å². The van der Waals surface area contributed by atoms with Crippen LogP contribution in [-0.2, 0) is 10.0 Å². The molecule has 17 heavy (non-hydrogen) atoms. The quantitative estimate of drug-likeness (QED) is 0.546. The average molecular weight is 281 g/mol. The van der Waals surface area contributed by atoms with E-state index in [0.29, 0.717) is 0 Å². The number of rotatable bonds is 5. The largest absolute Gasteiger partial charge is 0.399 e. The van der Waals surface area contributed by atoms with E-state index in [1.165, 1.54) is 18.2 Å². The summed E-state index contributed by atoms with van der Waals surface area (Å²) in [4.78, 5) is -0.189. The molecule has 5 N–H and O–H groups in total. The van der Waals surface area contributed by atoms with Gasteiger partial charge in [-0.2, -0.15) is 0 Å². The second-order valence-corrected chi connectivity index (χ2v) is 5.46. The van der Waals surface area contributed by atoms with E-state index in [1.54, 1.807) is 0 Å². The van der Waals surface area contributed by atoms with Crippen molar-refractivity contribution >= 4 is 27.3 Å². The van der Waals surface area contributed by atoms with Crippen molar-refractivity contribution in [1.82, 2.24) is 4.72 Å². The van der Waals surface area contributed by atoms with Gasteiger partial charge in [-0.05, 0) is 18.2 Å². The second-order valence-electron chi connectivity index (χ2n) is 3.37. The molecular formula is C9H13ClN2O4S. The molecule has 0 unspecified atom stereocenters. The van der Waals surface area contributed by atoms with Crippen LogP contribution < -0.4 is 10.5 Å². The molecule has 0 radical (unpaired) electrons. The molecule has 0 amide bonds. The second kappa shape index (κ2) is 5.65. The number of nitrogens with one attached hydrogen (secondary N) is 1. The Morgan fingerprint density at radius 1 is 1.35 bits per heavy atom. The van der Waals surface area contributed by atoms with E-state index in [4.69, 9.17) is 27.5 Å². The zero-order valence-electron chi connectivity index (χ0n) is 8.80. The van der Waals surface area contributed by atoms with E-state index in [-0.39, 0.29) is 15.6 Å². The van der Waals surface area contributed by atoms with Crippen LogP contribution >= 0.6 is 11.6 Å². The number of hydrogen-bond donors (Lipinski definition) is 4. The van der Waals surface area contributed by atoms with Gasteiger partial charge in [0.1, 0.15) is 4.90 Å². The van der Waals surface area contributed by atoms with E-state index in [2.05, 4.69) is 4.72 Å². The van der Waals surface area contributed by atoms with Crippen molar-refractivity contribution in [3.63, 3.8) is 0 Å². The van der Waals surface area contributed by atoms with Crippen molar-refractivity contribution in [3.05, 3.63) is 23.2 Å². The molecule has 1 rings (SSSR count). The third kappa shape index (κ3) is 3.55. The summed E-state index contributed by atoms with van der Waals surface area (Å²) in [5.41, 5.74) is 5.72. The number of nitrogen functional groups attached to an aromatic ring is 1. The minimum Gasteiger partial charge on any atom is -0.399 e. The lowest BCUT2D eigenvalue weighted by molar-refractivity contribution is 0.185. The van der Waals surface area contributed by atoms with Gasteiger partial charge in [0, 0.05) is 5.69 Å². The van der Waals surface area contributed by atoms with Gasteiger partial charge in [0.05, 0.1) is 24.3 Å². The fourth-order valence-corrected chi connectivity index (χ4v) is 2.89. The van der Waals surface area contributed by atoms with Crippen molar-refractivity contribution in [2.75, 3.05) is 18.9 Å². The molecule has 0 aromatic heterocycles. The molecule has 8 heteroatoms. The Bertz CT molecular complexity index is 488. The van der Waals surface area contributed by atoms with Crippen LogP contribution in [0.4, 0.5) is 5.69 Å². The van der Waals surface area contributed by atoms with Gasteiger partial charge in [-0.3, -0.25) is 0 Å². The third-order valence-corrected chi connectivity index (χ3v) is 4.01. The Morgan fingerprint density at radius 3 is 2.47 bits per heavy atom. The zero-order chi connectivity index (χ0) is 13.1. The smallest absolute Gasteiger partial charge is 0.242 e. The van der Waals surface area contributed by atoms with Crippen LogP contribution in [0.1, 0.15) is 0 Å². The van der Waals surface area contributed by atoms with Crippen LogP contribution in [0.5, 0.6) is 0 Å². The first-order valence-corrected chi connectivity index (χ1v) is 6.56. The number of nitrogens with two attached hydrogens (primary N) is 1. The molecule has 0 aliphatic heterocycles. The van der Waals surface area contributed by atoms with Crippen LogP contribution in [0.3, 0.4) is 0 Å². The zero-order valence-corrected chi connectivity index (χ0v) is 10.4. The van der Waals surface area contributed by atoms with Crippen LogP contribution in [0, 0.1) is 0 Å². The highest BCUT2D eigenvalue weighted by Gasteiger charge is 2.21. The van der Waals surface area contributed by atoms with Crippen LogP contribution in [0.2, 0.25) is 5.02 Å². The van der Waals surface area contributed by atoms with Crippen molar-refractivity contribution in [3.8, 4) is 0 Å². The minimum absolute atomic E-state index is 0.0151. The number of sulfonamides is 1. The van der Waals surface area contributed by atoms with Gasteiger partial charge in [-0.15, -0.1) is 0 Å². The Labute approximate surface area is 104 Å². The van der Waals surface area contributed by atoms with Crippen molar-refractivity contribution in [2.45, 2.75) is 10.9 Å². The molecule has 0 saturated carbocycles. The molecule has 0 heterocycles. The van der Waals surface area contributed by atoms with Gasteiger partial charge >= 0.3 is 0 Å². The summed E-state index contributed by atoms with van der Waals surface area (Å²) < 4.78 is 25.8. The number of aliphatic hydroxyl groups is 2. The standard InChI is InChI=1S/C9H13ClN2O4S/c10-8-2-1-6(11)3-9(8)17(15,16)12-7(4-13)5-14/h1-3,7,12-14H,4-5,11H2. The first-order valence-electron chi connectivity index (χ1n) is 4.69. The molecule has 96 valence electrons. The van der Waals surface area contributed by atoms with Crippen molar-refractivity contribution in [2.24, 2.45) is 0 Å². The molecule has 0 aliphatic carbocycles. The first kappa shape index (κ1) is 14.2. The number of benzene rings is 1. The van der Waals surface area contributed by atoms with Gasteiger partial charge in [-0.25, -0.2) is 13.1 Å². The number of anilines is 1. The summed E-state index contributed by atoms with van der Waals surface area (Å²) in [5, 5.41) is 17.6. The first-order chi connectivity index (χ1) is 7.90. The monoisotopic (exact) mass is 280 g/mol. The number of aliphatic hydroxyl groups excluding tert-OH is 2. The molecule has 0 bridgehead atoms. The topological polar surface area (TPSA) is 113 Å². The van der Waals surface area contributed by atoms with E-state index in [0.717, 1.165) is 0 Å². The lowest BCUT2D eigenvalue weighted by Gasteiger charge is -2.14. The lowest BCUT2D eigenvalue weighted by Crippen LogP contribution is -2.40. The van der Waals surface area contributed by atoms with Gasteiger partial charge in [0.15, 0.2) is 0 Å². The maximum absolute atomic E-state index is 11.9. The summed E-state index contributed by atoms with van der Waals surface area (Å²) in [5.74, 6) is 0. The molecule has 1 aromatic rings. The van der Waals surface area contributed by atoms with E-state index in [9.17, 15) is 8.42 Å². The predicted octanol–water partition coefficient (Wildman–Crippen LogP) is -0.446. The summed E-state index contributed by atoms with van der Waals surface area (Å²) in [6.07, 6.45) is 0. The van der Waals surface area contributed by atoms with E-state index < -0.39 is 29.3 Å². The lowest BCUT2D eigenvalue weighted by atomic mass is 10.3. The van der Waals surface area contributed by atoms with Crippen molar-refractivity contribution in [1.29, 1.82) is 0 Å². The fourth-order valence-electron chi connectivity index (χ4n) is 1.14. The fraction of sp³-hybridized carbons (Fsp3) is 0.333. The van der Waals surface area contributed by atoms with Crippen LogP contribution in [0.15, 0.2) is 23.1 Å². The molecule has 6 nitrogen and oxygen atoms in total. The summed E-state index contributed by atoms with van der Waals surface area (Å²) in [6, 6.07) is 3.06. The van der Waals surface area contributed by atoms with Gasteiger partial charge < -0.3 is 15.9 Å². The molecule has 0 aliphatic rings. The number of hydrogen-bond acceptors (Lipinski definition) is 5. The minimum atomic E-state index is -3.92. The maximum atomic E-state index is 11.9. The Kier molecular flexibility index (Phi) is 4.72. The van der Waals surface area contributed by atoms with Gasteiger partial charge in [0.25, 0.3) is 0 Å². The highest BCUT2D eigenvalue weighted by Crippen LogP contribution is 2.23. The average Bonchev–Trinajstić information content (AvgIpc) is 2.29. The van der Waals surface area contributed by atoms with Gasteiger partial charge in [0.2, 0.25) is 10.0 Å². The molecular weight excluding hydrogens is 268 g/mol. The molecule has 0 saturated heterocycles. The summed E-state index contributed by atoms with van der Waals surface area (Å²) >= 11 is 5.75. The summed E-state index contributed by atoms with van der Waals surface area (Å²) in [6.45, 7) is -1.04.